The Morgan fingerprint density at radius 3 is 2.28 bits per heavy atom. The van der Waals surface area contributed by atoms with E-state index in [0.29, 0.717) is 16.9 Å². The van der Waals surface area contributed by atoms with Crippen LogP contribution < -0.4 is 15.4 Å². The molecule has 1 amide bonds. The van der Waals surface area contributed by atoms with Crippen LogP contribution in [0.1, 0.15) is 10.4 Å². The van der Waals surface area contributed by atoms with Crippen molar-refractivity contribution in [3.05, 3.63) is 84.4 Å². The lowest BCUT2D eigenvalue weighted by Crippen LogP contribution is -2.12. The van der Waals surface area contributed by atoms with Crippen molar-refractivity contribution in [2.75, 3.05) is 17.4 Å². The van der Waals surface area contributed by atoms with Gasteiger partial charge in [-0.15, -0.1) is 0 Å². The summed E-state index contributed by atoms with van der Waals surface area (Å²) in [5.74, 6) is 0.539. The molecule has 126 valence electrons. The first kappa shape index (κ1) is 16.4. The number of carbonyl (C=O) groups is 1. The number of phenols is 1. The average molecular weight is 334 g/mol. The number of carbonyl (C=O) groups excluding carboxylic acids is 1. The Morgan fingerprint density at radius 2 is 1.60 bits per heavy atom. The lowest BCUT2D eigenvalue weighted by atomic mass is 10.2. The number of hydrogen-bond acceptors (Lipinski definition) is 4. The monoisotopic (exact) mass is 334 g/mol. The van der Waals surface area contributed by atoms with E-state index in [1.54, 1.807) is 36.4 Å². The zero-order valence-corrected chi connectivity index (χ0v) is 13.5. The molecule has 25 heavy (non-hydrogen) atoms. The molecule has 0 fully saturated rings. The zero-order chi connectivity index (χ0) is 17.5. The molecular formula is C20H18N2O3. The standard InChI is InChI=1S/C20H18N2O3/c23-19-13-16(22-20(24)15-7-3-1-4-8-15)11-12-18(19)21-14-25-17-9-5-2-6-10-17/h1-13,21,23H,14H2,(H,22,24). The van der Waals surface area contributed by atoms with Gasteiger partial charge in [0.2, 0.25) is 0 Å². The van der Waals surface area contributed by atoms with Crippen molar-refractivity contribution < 1.29 is 14.6 Å². The normalized spacial score (nSPS) is 10.1. The largest absolute Gasteiger partial charge is 0.506 e. The van der Waals surface area contributed by atoms with E-state index in [2.05, 4.69) is 10.6 Å². The van der Waals surface area contributed by atoms with E-state index in [4.69, 9.17) is 4.74 Å². The van der Waals surface area contributed by atoms with Gasteiger partial charge in [0.1, 0.15) is 11.5 Å². The molecule has 0 radical (unpaired) electrons. The minimum absolute atomic E-state index is 0.0301. The second kappa shape index (κ2) is 7.88. The SMILES string of the molecule is O=C(Nc1ccc(NCOc2ccccc2)c(O)c1)c1ccccc1. The molecule has 0 aliphatic rings. The first-order valence-corrected chi connectivity index (χ1v) is 7.83. The molecule has 3 N–H and O–H groups in total. The molecule has 0 bridgehead atoms. The third kappa shape index (κ3) is 4.51. The van der Waals surface area contributed by atoms with Crippen molar-refractivity contribution >= 4 is 17.3 Å². The van der Waals surface area contributed by atoms with Crippen LogP contribution in [0.3, 0.4) is 0 Å². The Hall–Kier alpha value is -3.47. The van der Waals surface area contributed by atoms with Crippen LogP contribution in [0.25, 0.3) is 0 Å². The maximum Gasteiger partial charge on any atom is 0.255 e. The number of benzene rings is 3. The lowest BCUT2D eigenvalue weighted by molar-refractivity contribution is 0.102. The number of rotatable bonds is 6. The molecule has 0 saturated heterocycles. The predicted octanol–water partition coefficient (Wildman–Crippen LogP) is 4.09. The Morgan fingerprint density at radius 1 is 0.920 bits per heavy atom. The van der Waals surface area contributed by atoms with E-state index in [0.717, 1.165) is 5.75 Å². The van der Waals surface area contributed by atoms with Crippen molar-refractivity contribution in [1.82, 2.24) is 0 Å². The van der Waals surface area contributed by atoms with Crippen molar-refractivity contribution in [2.24, 2.45) is 0 Å². The number of nitrogens with one attached hydrogen (secondary N) is 2. The Balaban J connectivity index is 1.58. The van der Waals surface area contributed by atoms with E-state index in [9.17, 15) is 9.90 Å². The van der Waals surface area contributed by atoms with Crippen LogP contribution in [0, 0.1) is 0 Å². The summed E-state index contributed by atoms with van der Waals surface area (Å²) in [6.07, 6.45) is 0. The van der Waals surface area contributed by atoms with Gasteiger partial charge in [0.05, 0.1) is 5.69 Å². The quantitative estimate of drug-likeness (QED) is 0.469. The summed E-state index contributed by atoms with van der Waals surface area (Å²) in [7, 11) is 0. The van der Waals surface area contributed by atoms with Gasteiger partial charge in [-0.25, -0.2) is 0 Å². The molecule has 0 heterocycles. The maximum atomic E-state index is 12.1. The number of phenolic OH excluding ortho intramolecular Hbond substituents is 1. The van der Waals surface area contributed by atoms with Crippen LogP contribution in [0.5, 0.6) is 11.5 Å². The van der Waals surface area contributed by atoms with E-state index in [1.807, 2.05) is 36.4 Å². The molecule has 0 aromatic heterocycles. The van der Waals surface area contributed by atoms with Gasteiger partial charge in [-0.1, -0.05) is 36.4 Å². The fourth-order valence-corrected chi connectivity index (χ4v) is 2.27. The number of anilines is 2. The summed E-state index contributed by atoms with van der Waals surface area (Å²) >= 11 is 0. The first-order chi connectivity index (χ1) is 12.2. The number of para-hydroxylation sites is 1. The van der Waals surface area contributed by atoms with Crippen LogP contribution >= 0.6 is 0 Å². The van der Waals surface area contributed by atoms with E-state index < -0.39 is 0 Å². The second-order valence-electron chi connectivity index (χ2n) is 5.33. The van der Waals surface area contributed by atoms with E-state index >= 15 is 0 Å². The number of amides is 1. The molecule has 3 aromatic rings. The van der Waals surface area contributed by atoms with Gasteiger partial charge in [0.25, 0.3) is 5.91 Å². The van der Waals surface area contributed by atoms with Gasteiger partial charge in [0, 0.05) is 17.3 Å². The smallest absolute Gasteiger partial charge is 0.255 e. The molecule has 0 unspecified atom stereocenters. The highest BCUT2D eigenvalue weighted by Gasteiger charge is 2.07. The summed E-state index contributed by atoms with van der Waals surface area (Å²) in [6.45, 7) is 0.216. The molecule has 0 saturated carbocycles. The molecule has 0 spiro atoms. The fourth-order valence-electron chi connectivity index (χ4n) is 2.27. The lowest BCUT2D eigenvalue weighted by Gasteiger charge is -2.12. The highest BCUT2D eigenvalue weighted by Crippen LogP contribution is 2.27. The first-order valence-electron chi connectivity index (χ1n) is 7.83. The Labute approximate surface area is 145 Å². The fraction of sp³-hybridized carbons (Fsp3) is 0.0500. The average Bonchev–Trinajstić information content (AvgIpc) is 2.65. The van der Waals surface area contributed by atoms with Crippen LogP contribution in [0.4, 0.5) is 11.4 Å². The summed E-state index contributed by atoms with van der Waals surface area (Å²) in [6, 6.07) is 23.2. The number of ether oxygens (including phenoxy) is 1. The van der Waals surface area contributed by atoms with Gasteiger partial charge < -0.3 is 20.5 Å². The third-order valence-corrected chi connectivity index (χ3v) is 3.54. The second-order valence-corrected chi connectivity index (χ2v) is 5.33. The Kier molecular flexibility index (Phi) is 5.16. The number of aromatic hydroxyl groups is 1. The topological polar surface area (TPSA) is 70.6 Å². The maximum absolute atomic E-state index is 12.1. The highest BCUT2D eigenvalue weighted by atomic mass is 16.5. The van der Waals surface area contributed by atoms with Crippen LogP contribution in [-0.2, 0) is 0 Å². The molecule has 0 atom stereocenters. The molecular weight excluding hydrogens is 316 g/mol. The highest BCUT2D eigenvalue weighted by molar-refractivity contribution is 6.04. The van der Waals surface area contributed by atoms with E-state index in [1.165, 1.54) is 6.07 Å². The van der Waals surface area contributed by atoms with Crippen LogP contribution in [0.15, 0.2) is 78.9 Å². The summed E-state index contributed by atoms with van der Waals surface area (Å²) in [5, 5.41) is 15.8. The summed E-state index contributed by atoms with van der Waals surface area (Å²) in [5.41, 5.74) is 1.59. The van der Waals surface area contributed by atoms with Crippen molar-refractivity contribution in [3.8, 4) is 11.5 Å². The molecule has 3 aromatic carbocycles. The van der Waals surface area contributed by atoms with Gasteiger partial charge in [-0.05, 0) is 36.4 Å². The molecule has 0 aliphatic heterocycles. The number of hydrogen-bond donors (Lipinski definition) is 3. The van der Waals surface area contributed by atoms with E-state index in [-0.39, 0.29) is 18.4 Å². The summed E-state index contributed by atoms with van der Waals surface area (Å²) in [4.78, 5) is 12.1. The van der Waals surface area contributed by atoms with Crippen molar-refractivity contribution in [3.63, 3.8) is 0 Å². The van der Waals surface area contributed by atoms with Crippen molar-refractivity contribution in [1.29, 1.82) is 0 Å². The predicted molar refractivity (Wildman–Crippen MR) is 98.1 cm³/mol. The van der Waals surface area contributed by atoms with Gasteiger partial charge in [0.15, 0.2) is 6.73 Å². The molecule has 0 aliphatic carbocycles. The van der Waals surface area contributed by atoms with Crippen LogP contribution in [0.2, 0.25) is 0 Å². The Bertz CT molecular complexity index is 836. The minimum Gasteiger partial charge on any atom is -0.506 e. The zero-order valence-electron chi connectivity index (χ0n) is 13.5. The summed E-state index contributed by atoms with van der Waals surface area (Å²) < 4.78 is 5.53. The van der Waals surface area contributed by atoms with Gasteiger partial charge in [-0.2, -0.15) is 0 Å². The van der Waals surface area contributed by atoms with Crippen LogP contribution in [-0.4, -0.2) is 17.7 Å². The third-order valence-electron chi connectivity index (χ3n) is 3.54. The van der Waals surface area contributed by atoms with Crippen molar-refractivity contribution in [2.45, 2.75) is 0 Å². The van der Waals surface area contributed by atoms with Gasteiger partial charge in [-0.3, -0.25) is 4.79 Å². The molecule has 3 rings (SSSR count). The molecule has 5 nitrogen and oxygen atoms in total. The van der Waals surface area contributed by atoms with Gasteiger partial charge >= 0.3 is 0 Å². The minimum atomic E-state index is -0.229. The molecule has 5 heteroatoms.